The summed E-state index contributed by atoms with van der Waals surface area (Å²) in [5.41, 5.74) is 2.50. The standard InChI is InChI=1S/C16H14N4O2/c1-2-12-3-5-13(6-4-12)16(21)22-15-9-7-14(8-10-15)20-11-17-18-19-20/h3-11H,2H2,1H3. The highest BCUT2D eigenvalue weighted by atomic mass is 16.5. The molecule has 0 radical (unpaired) electrons. The monoisotopic (exact) mass is 294 g/mol. The van der Waals surface area contributed by atoms with Crippen LogP contribution in [0, 0.1) is 0 Å². The molecule has 0 unspecified atom stereocenters. The highest BCUT2D eigenvalue weighted by molar-refractivity contribution is 5.91. The van der Waals surface area contributed by atoms with Gasteiger partial charge in [0.2, 0.25) is 0 Å². The zero-order chi connectivity index (χ0) is 15.4. The van der Waals surface area contributed by atoms with Gasteiger partial charge in [0.15, 0.2) is 0 Å². The average molecular weight is 294 g/mol. The minimum absolute atomic E-state index is 0.377. The van der Waals surface area contributed by atoms with Gasteiger partial charge in [-0.25, -0.2) is 9.48 Å². The van der Waals surface area contributed by atoms with E-state index < -0.39 is 0 Å². The van der Waals surface area contributed by atoms with Crippen LogP contribution < -0.4 is 4.74 Å². The Kier molecular flexibility index (Phi) is 3.91. The van der Waals surface area contributed by atoms with Gasteiger partial charge in [0.25, 0.3) is 0 Å². The molecule has 0 aliphatic carbocycles. The second-order valence-corrected chi connectivity index (χ2v) is 4.69. The molecule has 2 aromatic carbocycles. The number of hydrogen-bond acceptors (Lipinski definition) is 5. The summed E-state index contributed by atoms with van der Waals surface area (Å²) in [5.74, 6) is 0.0965. The number of ether oxygens (including phenoxy) is 1. The number of hydrogen-bond donors (Lipinski definition) is 0. The van der Waals surface area contributed by atoms with E-state index in [0.717, 1.165) is 12.1 Å². The van der Waals surface area contributed by atoms with E-state index in [9.17, 15) is 4.79 Å². The number of carbonyl (C=O) groups is 1. The summed E-state index contributed by atoms with van der Waals surface area (Å²) >= 11 is 0. The van der Waals surface area contributed by atoms with Crippen LogP contribution in [0.25, 0.3) is 5.69 Å². The van der Waals surface area contributed by atoms with Crippen LogP contribution in [0.3, 0.4) is 0 Å². The van der Waals surface area contributed by atoms with Crippen molar-refractivity contribution < 1.29 is 9.53 Å². The third-order valence-corrected chi connectivity index (χ3v) is 3.26. The summed E-state index contributed by atoms with van der Waals surface area (Å²) in [6.07, 6.45) is 2.43. The third-order valence-electron chi connectivity index (χ3n) is 3.26. The lowest BCUT2D eigenvalue weighted by molar-refractivity contribution is 0.0735. The van der Waals surface area contributed by atoms with Crippen molar-refractivity contribution in [2.45, 2.75) is 13.3 Å². The molecule has 6 nitrogen and oxygen atoms in total. The normalized spacial score (nSPS) is 10.4. The molecule has 110 valence electrons. The first kappa shape index (κ1) is 13.9. The Hall–Kier alpha value is -3.02. The Balaban J connectivity index is 1.71. The Morgan fingerprint density at radius 2 is 1.82 bits per heavy atom. The van der Waals surface area contributed by atoms with Crippen molar-refractivity contribution >= 4 is 5.97 Å². The summed E-state index contributed by atoms with van der Waals surface area (Å²) in [4.78, 5) is 12.1. The number of carbonyl (C=O) groups excluding carboxylic acids is 1. The molecule has 0 saturated heterocycles. The molecule has 3 aromatic rings. The summed E-state index contributed by atoms with van der Waals surface area (Å²) in [6, 6.07) is 14.4. The van der Waals surface area contributed by atoms with Gasteiger partial charge in [-0.3, -0.25) is 0 Å². The average Bonchev–Trinajstić information content (AvgIpc) is 3.10. The largest absolute Gasteiger partial charge is 0.423 e. The molecular formula is C16H14N4O2. The van der Waals surface area contributed by atoms with Crippen LogP contribution in [0.5, 0.6) is 5.75 Å². The van der Waals surface area contributed by atoms with Gasteiger partial charge < -0.3 is 4.74 Å². The number of benzene rings is 2. The number of nitrogens with zero attached hydrogens (tertiary/aromatic N) is 4. The van der Waals surface area contributed by atoms with Crippen LogP contribution in [-0.2, 0) is 6.42 Å². The van der Waals surface area contributed by atoms with E-state index in [0.29, 0.717) is 11.3 Å². The van der Waals surface area contributed by atoms with Gasteiger partial charge in [-0.1, -0.05) is 19.1 Å². The second-order valence-electron chi connectivity index (χ2n) is 4.69. The second kappa shape index (κ2) is 6.17. The van der Waals surface area contributed by atoms with Gasteiger partial charge in [0.1, 0.15) is 12.1 Å². The first-order valence-corrected chi connectivity index (χ1v) is 6.91. The lowest BCUT2D eigenvalue weighted by Crippen LogP contribution is -2.08. The molecule has 1 heterocycles. The Bertz CT molecular complexity index is 750. The van der Waals surface area contributed by atoms with Crippen molar-refractivity contribution in [2.24, 2.45) is 0 Å². The maximum Gasteiger partial charge on any atom is 0.343 e. The molecule has 0 N–H and O–H groups in total. The summed E-state index contributed by atoms with van der Waals surface area (Å²) in [6.45, 7) is 2.07. The SMILES string of the molecule is CCc1ccc(C(=O)Oc2ccc(-n3cnnn3)cc2)cc1. The molecule has 0 atom stereocenters. The van der Waals surface area contributed by atoms with Crippen molar-refractivity contribution in [1.82, 2.24) is 20.2 Å². The quantitative estimate of drug-likeness (QED) is 0.546. The van der Waals surface area contributed by atoms with Crippen LogP contribution in [0.1, 0.15) is 22.8 Å². The van der Waals surface area contributed by atoms with Crippen molar-refractivity contribution in [3.05, 3.63) is 66.0 Å². The van der Waals surface area contributed by atoms with Gasteiger partial charge in [0, 0.05) is 0 Å². The van der Waals surface area contributed by atoms with Crippen molar-refractivity contribution in [2.75, 3.05) is 0 Å². The summed E-state index contributed by atoms with van der Waals surface area (Å²) < 4.78 is 6.87. The first-order chi connectivity index (χ1) is 10.8. The zero-order valence-electron chi connectivity index (χ0n) is 12.0. The van der Waals surface area contributed by atoms with Gasteiger partial charge in [0.05, 0.1) is 11.3 Å². The Morgan fingerprint density at radius 1 is 1.09 bits per heavy atom. The maximum atomic E-state index is 12.1. The van der Waals surface area contributed by atoms with E-state index in [1.54, 1.807) is 36.4 Å². The molecule has 0 amide bonds. The molecule has 0 spiro atoms. The topological polar surface area (TPSA) is 69.9 Å². The molecule has 22 heavy (non-hydrogen) atoms. The molecular weight excluding hydrogens is 280 g/mol. The zero-order valence-corrected chi connectivity index (χ0v) is 12.0. The number of tetrazole rings is 1. The summed E-state index contributed by atoms with van der Waals surface area (Å²) in [5, 5.41) is 10.9. The Labute approximate surface area is 127 Å². The van der Waals surface area contributed by atoms with Gasteiger partial charge in [-0.15, -0.1) is 5.10 Å². The van der Waals surface area contributed by atoms with E-state index in [4.69, 9.17) is 4.74 Å². The highest BCUT2D eigenvalue weighted by Crippen LogP contribution is 2.16. The number of aryl methyl sites for hydroxylation is 1. The van der Waals surface area contributed by atoms with Crippen LogP contribution in [0.15, 0.2) is 54.9 Å². The molecule has 0 aliphatic rings. The molecule has 0 saturated carbocycles. The smallest absolute Gasteiger partial charge is 0.343 e. The van der Waals surface area contributed by atoms with E-state index in [-0.39, 0.29) is 5.97 Å². The van der Waals surface area contributed by atoms with E-state index in [1.807, 2.05) is 12.1 Å². The van der Waals surface area contributed by atoms with E-state index in [1.165, 1.54) is 16.6 Å². The van der Waals surface area contributed by atoms with Gasteiger partial charge >= 0.3 is 5.97 Å². The number of aromatic nitrogens is 4. The van der Waals surface area contributed by atoms with Crippen LogP contribution in [0.4, 0.5) is 0 Å². The van der Waals surface area contributed by atoms with Crippen LogP contribution in [-0.4, -0.2) is 26.2 Å². The molecule has 0 fully saturated rings. The fraction of sp³-hybridized carbons (Fsp3) is 0.125. The van der Waals surface area contributed by atoms with Crippen LogP contribution >= 0.6 is 0 Å². The number of esters is 1. The lowest BCUT2D eigenvalue weighted by atomic mass is 10.1. The lowest BCUT2D eigenvalue weighted by Gasteiger charge is -2.06. The van der Waals surface area contributed by atoms with Gasteiger partial charge in [-0.2, -0.15) is 0 Å². The maximum absolute atomic E-state index is 12.1. The molecule has 0 bridgehead atoms. The molecule has 1 aromatic heterocycles. The van der Waals surface area contributed by atoms with Crippen LogP contribution in [0.2, 0.25) is 0 Å². The van der Waals surface area contributed by atoms with Gasteiger partial charge in [-0.05, 0) is 58.8 Å². The summed E-state index contributed by atoms with van der Waals surface area (Å²) in [7, 11) is 0. The molecule has 6 heteroatoms. The van der Waals surface area contributed by atoms with Crippen molar-refractivity contribution in [3.8, 4) is 11.4 Å². The molecule has 3 rings (SSSR count). The highest BCUT2D eigenvalue weighted by Gasteiger charge is 2.08. The minimum atomic E-state index is -0.377. The number of rotatable bonds is 4. The minimum Gasteiger partial charge on any atom is -0.423 e. The van der Waals surface area contributed by atoms with E-state index >= 15 is 0 Å². The third kappa shape index (κ3) is 3.01. The fourth-order valence-corrected chi connectivity index (χ4v) is 1.99. The predicted molar refractivity (Wildman–Crippen MR) is 79.9 cm³/mol. The van der Waals surface area contributed by atoms with Crippen molar-refractivity contribution in [1.29, 1.82) is 0 Å². The Morgan fingerprint density at radius 3 is 2.41 bits per heavy atom. The molecule has 0 aliphatic heterocycles. The predicted octanol–water partition coefficient (Wildman–Crippen LogP) is 2.44. The van der Waals surface area contributed by atoms with Crippen molar-refractivity contribution in [3.63, 3.8) is 0 Å². The first-order valence-electron chi connectivity index (χ1n) is 6.91. The fourth-order valence-electron chi connectivity index (χ4n) is 1.99. The van der Waals surface area contributed by atoms with E-state index in [2.05, 4.69) is 22.4 Å².